The summed E-state index contributed by atoms with van der Waals surface area (Å²) in [4.78, 5) is 5.34. The van der Waals surface area contributed by atoms with Crippen LogP contribution in [0.25, 0.3) is 11.1 Å². The molecule has 2 aromatic heterocycles. The van der Waals surface area contributed by atoms with E-state index in [2.05, 4.69) is 37.4 Å². The summed E-state index contributed by atoms with van der Waals surface area (Å²) >= 11 is 1.26. The fourth-order valence-electron chi connectivity index (χ4n) is 3.76. The Labute approximate surface area is 201 Å². The maximum Gasteiger partial charge on any atom is 0.251 e. The molecule has 0 saturated heterocycles. The van der Waals surface area contributed by atoms with Crippen LogP contribution in [0.15, 0.2) is 40.9 Å². The predicted octanol–water partition coefficient (Wildman–Crippen LogP) is 6.20. The summed E-state index contributed by atoms with van der Waals surface area (Å²) in [6, 6.07) is 6.88. The lowest BCUT2D eigenvalue weighted by Gasteiger charge is -2.20. The fourth-order valence-corrected chi connectivity index (χ4v) is 7.13. The molecule has 33 heavy (non-hydrogen) atoms. The Hall–Kier alpha value is -2.03. The van der Waals surface area contributed by atoms with Gasteiger partial charge < -0.3 is 4.57 Å². The first kappa shape index (κ1) is 25.6. The van der Waals surface area contributed by atoms with Gasteiger partial charge in [0.2, 0.25) is 0 Å². The molecule has 0 fully saturated rings. The average molecular weight is 492 g/mol. The Morgan fingerprint density at radius 2 is 1.85 bits per heavy atom. The van der Waals surface area contributed by atoms with Crippen LogP contribution in [0, 0.1) is 11.7 Å². The summed E-state index contributed by atoms with van der Waals surface area (Å²) in [6.45, 7) is 14.1. The highest BCUT2D eigenvalue weighted by atomic mass is 32.2. The molecule has 180 valence electrons. The molecule has 0 radical (unpaired) electrons. The van der Waals surface area contributed by atoms with Gasteiger partial charge in [-0.05, 0) is 50.8 Å². The number of rotatable bonds is 8. The molecule has 1 aromatic carbocycles. The van der Waals surface area contributed by atoms with Crippen LogP contribution in [0.3, 0.4) is 0 Å². The van der Waals surface area contributed by atoms with Gasteiger partial charge in [0.05, 0.1) is 6.54 Å². The van der Waals surface area contributed by atoms with Crippen LogP contribution in [0.5, 0.6) is 0 Å². The summed E-state index contributed by atoms with van der Waals surface area (Å²) in [5, 5.41) is 0. The first-order valence-corrected chi connectivity index (χ1v) is 13.5. The number of halogens is 1. The van der Waals surface area contributed by atoms with Gasteiger partial charge in [-0.1, -0.05) is 39.8 Å². The smallest absolute Gasteiger partial charge is 0.251 e. The second-order valence-corrected chi connectivity index (χ2v) is 13.3. The molecule has 0 bridgehead atoms. The fraction of sp³-hybridized carbons (Fsp3) is 0.480. The van der Waals surface area contributed by atoms with Crippen molar-refractivity contribution >= 4 is 21.4 Å². The van der Waals surface area contributed by atoms with Gasteiger partial charge in [0, 0.05) is 39.9 Å². The second kappa shape index (κ2) is 9.68. The molecule has 0 unspecified atom stereocenters. The maximum absolute atomic E-state index is 15.2. The van der Waals surface area contributed by atoms with Crippen LogP contribution in [0.2, 0.25) is 0 Å². The van der Waals surface area contributed by atoms with E-state index >= 15 is 4.39 Å². The van der Waals surface area contributed by atoms with E-state index < -0.39 is 15.6 Å². The monoisotopic (exact) mass is 491 g/mol. The standard InChI is InChI=1S/C25H34FN3O2S2/c1-16(2)12-20-14-21(24(32-20)33(30,31)28-25(5,6)7)18-8-9-19(22(26)13-18)15-29-11-10-27-23(29)17(3)4/h8-11,13-14,16-17,28H,12,15H2,1-7H3. The van der Waals surface area contributed by atoms with Crippen molar-refractivity contribution in [2.24, 2.45) is 5.92 Å². The number of aromatic nitrogens is 2. The van der Waals surface area contributed by atoms with Crippen molar-refractivity contribution in [1.29, 1.82) is 0 Å². The summed E-state index contributed by atoms with van der Waals surface area (Å²) in [7, 11) is -3.76. The lowest BCUT2D eigenvalue weighted by molar-refractivity contribution is 0.492. The first-order valence-electron chi connectivity index (χ1n) is 11.2. The molecule has 0 spiro atoms. The second-order valence-electron chi connectivity index (χ2n) is 10.2. The van der Waals surface area contributed by atoms with Crippen molar-refractivity contribution in [2.75, 3.05) is 0 Å². The molecule has 2 heterocycles. The Morgan fingerprint density at radius 1 is 1.15 bits per heavy atom. The summed E-state index contributed by atoms with van der Waals surface area (Å²) in [5.41, 5.74) is 1.02. The number of thiophene rings is 1. The lowest BCUT2D eigenvalue weighted by Crippen LogP contribution is -2.40. The van der Waals surface area contributed by atoms with Gasteiger partial charge in [0.1, 0.15) is 15.9 Å². The summed E-state index contributed by atoms with van der Waals surface area (Å²) in [5.74, 6) is 1.15. The Balaban J connectivity index is 2.02. The minimum atomic E-state index is -3.76. The molecule has 8 heteroatoms. The van der Waals surface area contributed by atoms with E-state index in [9.17, 15) is 8.42 Å². The van der Waals surface area contributed by atoms with E-state index in [1.165, 1.54) is 17.4 Å². The molecule has 0 aliphatic carbocycles. The molecule has 0 aliphatic rings. The van der Waals surface area contributed by atoms with Crippen molar-refractivity contribution in [3.8, 4) is 11.1 Å². The molecule has 5 nitrogen and oxygen atoms in total. The zero-order valence-corrected chi connectivity index (χ0v) is 22.1. The molecule has 0 amide bonds. The Kier molecular flexibility index (Phi) is 7.51. The van der Waals surface area contributed by atoms with Crippen LogP contribution in [-0.2, 0) is 23.0 Å². The zero-order chi connectivity index (χ0) is 24.6. The van der Waals surface area contributed by atoms with Crippen molar-refractivity contribution in [3.63, 3.8) is 0 Å². The van der Waals surface area contributed by atoms with Crippen LogP contribution in [0.4, 0.5) is 4.39 Å². The Bertz CT molecular complexity index is 1220. The zero-order valence-electron chi connectivity index (χ0n) is 20.4. The normalized spacial score (nSPS) is 12.8. The van der Waals surface area contributed by atoms with Crippen molar-refractivity contribution < 1.29 is 12.8 Å². The first-order chi connectivity index (χ1) is 15.3. The largest absolute Gasteiger partial charge is 0.330 e. The number of hydrogen-bond donors (Lipinski definition) is 1. The highest BCUT2D eigenvalue weighted by Crippen LogP contribution is 2.37. The van der Waals surface area contributed by atoms with E-state index in [1.54, 1.807) is 12.3 Å². The SMILES string of the molecule is CC(C)Cc1cc(-c2ccc(Cn3ccnc3C(C)C)c(F)c2)c(S(=O)(=O)NC(C)(C)C)s1. The van der Waals surface area contributed by atoms with Crippen molar-refractivity contribution in [2.45, 2.75) is 77.1 Å². The van der Waals surface area contributed by atoms with Gasteiger partial charge in [0.15, 0.2) is 0 Å². The number of benzene rings is 1. The van der Waals surface area contributed by atoms with Gasteiger partial charge in [-0.3, -0.25) is 0 Å². The van der Waals surface area contributed by atoms with E-state index in [0.717, 1.165) is 17.1 Å². The third-order valence-electron chi connectivity index (χ3n) is 5.01. The topological polar surface area (TPSA) is 64.0 Å². The molecule has 1 N–H and O–H groups in total. The van der Waals surface area contributed by atoms with Gasteiger partial charge in [-0.25, -0.2) is 22.5 Å². The van der Waals surface area contributed by atoms with Gasteiger partial charge in [-0.15, -0.1) is 11.3 Å². The molecule has 0 aliphatic heterocycles. The molecule has 3 aromatic rings. The number of hydrogen-bond acceptors (Lipinski definition) is 4. The van der Waals surface area contributed by atoms with E-state index in [0.29, 0.717) is 29.2 Å². The highest BCUT2D eigenvalue weighted by molar-refractivity contribution is 7.91. The predicted molar refractivity (Wildman–Crippen MR) is 134 cm³/mol. The summed E-state index contributed by atoms with van der Waals surface area (Å²) < 4.78 is 46.5. The minimum Gasteiger partial charge on any atom is -0.330 e. The molecular formula is C25H34FN3O2S2. The number of imidazole rings is 1. The van der Waals surface area contributed by atoms with Crippen molar-refractivity contribution in [1.82, 2.24) is 14.3 Å². The molecule has 3 rings (SSSR count). The number of sulfonamides is 1. The van der Waals surface area contributed by atoms with Crippen LogP contribution in [-0.4, -0.2) is 23.5 Å². The highest BCUT2D eigenvalue weighted by Gasteiger charge is 2.28. The molecular weight excluding hydrogens is 457 g/mol. The summed E-state index contributed by atoms with van der Waals surface area (Å²) in [6.07, 6.45) is 4.34. The van der Waals surface area contributed by atoms with Gasteiger partial charge >= 0.3 is 0 Å². The quantitative estimate of drug-likeness (QED) is 0.408. The van der Waals surface area contributed by atoms with E-state index in [-0.39, 0.29) is 15.9 Å². The third-order valence-corrected chi connectivity index (χ3v) is 8.46. The average Bonchev–Trinajstić information content (AvgIpc) is 3.28. The molecule has 0 atom stereocenters. The Morgan fingerprint density at radius 3 is 2.42 bits per heavy atom. The number of nitrogens with zero attached hydrogens (tertiary/aromatic N) is 2. The molecule has 0 saturated carbocycles. The van der Waals surface area contributed by atoms with Gasteiger partial charge in [-0.2, -0.15) is 0 Å². The third kappa shape index (κ3) is 6.31. The maximum atomic E-state index is 15.2. The lowest BCUT2D eigenvalue weighted by atomic mass is 10.0. The van der Waals surface area contributed by atoms with E-state index in [1.807, 2.05) is 43.7 Å². The van der Waals surface area contributed by atoms with Crippen LogP contribution < -0.4 is 4.72 Å². The van der Waals surface area contributed by atoms with E-state index in [4.69, 9.17) is 0 Å². The van der Waals surface area contributed by atoms with Gasteiger partial charge in [0.25, 0.3) is 10.0 Å². The van der Waals surface area contributed by atoms with Crippen molar-refractivity contribution in [3.05, 3.63) is 58.7 Å². The number of nitrogens with one attached hydrogen (secondary N) is 1. The van der Waals surface area contributed by atoms with Crippen LogP contribution in [0.1, 0.15) is 70.6 Å². The minimum absolute atomic E-state index is 0.232. The van der Waals surface area contributed by atoms with Crippen LogP contribution >= 0.6 is 11.3 Å².